The minimum Gasteiger partial charge on any atom is -0.508 e. The molecule has 0 heterocycles. The molecule has 1 aliphatic carbocycles. The number of fused-ring (bicyclic) bond motifs is 3. The van der Waals surface area contributed by atoms with Gasteiger partial charge in [0.05, 0.1) is 5.92 Å². The van der Waals surface area contributed by atoms with Crippen molar-refractivity contribution in [3.8, 4) is 16.9 Å². The van der Waals surface area contributed by atoms with Gasteiger partial charge in [0.25, 0.3) is 0 Å². The average Bonchev–Trinajstić information content (AvgIpc) is 2.89. The fourth-order valence-corrected chi connectivity index (χ4v) is 3.23. The molecule has 0 bridgehead atoms. The topological polar surface area (TPSA) is 37.3 Å². The van der Waals surface area contributed by atoms with Gasteiger partial charge < -0.3 is 5.11 Å². The number of Topliss-reactive ketones (excluding diaryl/α,β-unsaturated/α-hetero) is 1. The number of phenols is 1. The fraction of sp³-hybridized carbons (Fsp3) is 0.0500. The van der Waals surface area contributed by atoms with Crippen molar-refractivity contribution in [2.24, 2.45) is 0 Å². The lowest BCUT2D eigenvalue weighted by molar-refractivity contribution is 0.0975. The minimum atomic E-state index is -0.267. The summed E-state index contributed by atoms with van der Waals surface area (Å²) >= 11 is 0. The van der Waals surface area contributed by atoms with Crippen LogP contribution in [0.3, 0.4) is 0 Å². The van der Waals surface area contributed by atoms with Gasteiger partial charge in [0.15, 0.2) is 5.78 Å². The third-order valence-electron chi connectivity index (χ3n) is 4.25. The lowest BCUT2D eigenvalue weighted by atomic mass is 9.89. The number of aromatic hydroxyl groups is 1. The predicted molar refractivity (Wildman–Crippen MR) is 86.2 cm³/mol. The van der Waals surface area contributed by atoms with Crippen LogP contribution < -0.4 is 0 Å². The number of ketones is 1. The van der Waals surface area contributed by atoms with Crippen LogP contribution in [0.25, 0.3) is 11.1 Å². The Balaban J connectivity index is 1.88. The quantitative estimate of drug-likeness (QED) is 0.709. The molecule has 0 saturated heterocycles. The Kier molecular flexibility index (Phi) is 2.83. The molecule has 1 aliphatic rings. The number of carbonyl (C=O) groups is 1. The Bertz CT molecular complexity index is 817. The molecule has 106 valence electrons. The minimum absolute atomic E-state index is 0.0670. The SMILES string of the molecule is O=C(c1ccc(O)cc1)C1c2ccccc2-c2ccccc21. The molecule has 0 atom stereocenters. The van der Waals surface area contributed by atoms with Crippen LogP contribution in [-0.4, -0.2) is 10.9 Å². The first kappa shape index (κ1) is 12.8. The second-order valence-corrected chi connectivity index (χ2v) is 5.52. The summed E-state index contributed by atoms with van der Waals surface area (Å²) < 4.78 is 0. The first-order valence-electron chi connectivity index (χ1n) is 7.27. The molecule has 3 aromatic rings. The maximum absolute atomic E-state index is 13.0. The third-order valence-corrected chi connectivity index (χ3v) is 4.25. The predicted octanol–water partition coefficient (Wildman–Crippen LogP) is 4.39. The van der Waals surface area contributed by atoms with E-state index in [9.17, 15) is 9.90 Å². The van der Waals surface area contributed by atoms with E-state index in [1.54, 1.807) is 24.3 Å². The van der Waals surface area contributed by atoms with Crippen LogP contribution in [0.2, 0.25) is 0 Å². The molecular weight excluding hydrogens is 272 g/mol. The van der Waals surface area contributed by atoms with Crippen molar-refractivity contribution in [2.45, 2.75) is 5.92 Å². The summed E-state index contributed by atoms with van der Waals surface area (Å²) in [5, 5.41) is 9.41. The van der Waals surface area contributed by atoms with Crippen molar-refractivity contribution < 1.29 is 9.90 Å². The zero-order chi connectivity index (χ0) is 15.1. The summed E-state index contributed by atoms with van der Waals surface area (Å²) in [6, 6.07) is 22.6. The summed E-state index contributed by atoms with van der Waals surface area (Å²) in [5.74, 6) is -0.0295. The highest BCUT2D eigenvalue weighted by molar-refractivity contribution is 6.07. The van der Waals surface area contributed by atoms with Crippen molar-refractivity contribution in [3.63, 3.8) is 0 Å². The first-order chi connectivity index (χ1) is 10.8. The van der Waals surface area contributed by atoms with Gasteiger partial charge >= 0.3 is 0 Å². The monoisotopic (exact) mass is 286 g/mol. The summed E-state index contributed by atoms with van der Waals surface area (Å²) in [4.78, 5) is 13.0. The van der Waals surface area contributed by atoms with Crippen LogP contribution in [0.1, 0.15) is 27.4 Å². The van der Waals surface area contributed by atoms with Crippen molar-refractivity contribution in [1.82, 2.24) is 0 Å². The number of hydrogen-bond donors (Lipinski definition) is 1. The van der Waals surface area contributed by atoms with Gasteiger partial charge in [0, 0.05) is 5.56 Å². The number of phenolic OH excluding ortho intramolecular Hbond substituents is 1. The van der Waals surface area contributed by atoms with Gasteiger partial charge in [-0.3, -0.25) is 4.79 Å². The van der Waals surface area contributed by atoms with E-state index in [1.165, 1.54) is 0 Å². The molecule has 4 rings (SSSR count). The Labute approximate surface area is 128 Å². The van der Waals surface area contributed by atoms with Gasteiger partial charge in [0.1, 0.15) is 5.75 Å². The highest BCUT2D eigenvalue weighted by Crippen LogP contribution is 2.45. The lowest BCUT2D eigenvalue weighted by Crippen LogP contribution is -2.11. The van der Waals surface area contributed by atoms with E-state index in [0.717, 1.165) is 22.3 Å². The smallest absolute Gasteiger partial charge is 0.174 e. The molecule has 0 spiro atoms. The van der Waals surface area contributed by atoms with Gasteiger partial charge in [-0.1, -0.05) is 48.5 Å². The molecule has 0 aromatic heterocycles. The summed E-state index contributed by atoms with van der Waals surface area (Å²) in [6.45, 7) is 0. The van der Waals surface area contributed by atoms with Gasteiger partial charge in [-0.2, -0.15) is 0 Å². The summed E-state index contributed by atoms with van der Waals surface area (Å²) in [5.41, 5.74) is 5.00. The summed E-state index contributed by atoms with van der Waals surface area (Å²) in [7, 11) is 0. The lowest BCUT2D eigenvalue weighted by Gasteiger charge is -2.12. The molecule has 22 heavy (non-hydrogen) atoms. The van der Waals surface area contributed by atoms with E-state index >= 15 is 0 Å². The Morgan fingerprint density at radius 1 is 0.727 bits per heavy atom. The molecule has 0 saturated carbocycles. The highest BCUT2D eigenvalue weighted by atomic mass is 16.3. The van der Waals surface area contributed by atoms with Gasteiger partial charge in [-0.25, -0.2) is 0 Å². The number of hydrogen-bond acceptors (Lipinski definition) is 2. The number of rotatable bonds is 2. The molecular formula is C20H14O2. The molecule has 2 heteroatoms. The van der Waals surface area contributed by atoms with E-state index in [0.29, 0.717) is 5.56 Å². The molecule has 0 radical (unpaired) electrons. The Morgan fingerprint density at radius 3 is 1.77 bits per heavy atom. The largest absolute Gasteiger partial charge is 0.508 e. The van der Waals surface area contributed by atoms with Crippen molar-refractivity contribution in [1.29, 1.82) is 0 Å². The van der Waals surface area contributed by atoms with Crippen LogP contribution in [0.4, 0.5) is 0 Å². The average molecular weight is 286 g/mol. The second-order valence-electron chi connectivity index (χ2n) is 5.52. The Hall–Kier alpha value is -2.87. The van der Waals surface area contributed by atoms with E-state index < -0.39 is 0 Å². The third kappa shape index (κ3) is 1.85. The maximum Gasteiger partial charge on any atom is 0.174 e. The van der Waals surface area contributed by atoms with E-state index in [-0.39, 0.29) is 17.5 Å². The first-order valence-corrected chi connectivity index (χ1v) is 7.27. The molecule has 3 aromatic carbocycles. The van der Waals surface area contributed by atoms with Crippen LogP contribution in [0.15, 0.2) is 72.8 Å². The van der Waals surface area contributed by atoms with Crippen LogP contribution in [-0.2, 0) is 0 Å². The normalized spacial score (nSPS) is 12.7. The van der Waals surface area contributed by atoms with Gasteiger partial charge in [-0.05, 0) is 46.5 Å². The molecule has 0 unspecified atom stereocenters. The standard InChI is InChI=1S/C20H14O2/c21-14-11-9-13(10-12-14)20(22)19-17-7-3-1-5-15(17)16-6-2-4-8-18(16)19/h1-12,19,21H. The zero-order valence-corrected chi connectivity index (χ0v) is 11.9. The van der Waals surface area contributed by atoms with Crippen molar-refractivity contribution >= 4 is 5.78 Å². The highest BCUT2D eigenvalue weighted by Gasteiger charge is 2.33. The maximum atomic E-state index is 13.0. The Morgan fingerprint density at radius 2 is 1.23 bits per heavy atom. The van der Waals surface area contributed by atoms with E-state index in [1.807, 2.05) is 36.4 Å². The fourth-order valence-electron chi connectivity index (χ4n) is 3.23. The van der Waals surface area contributed by atoms with Crippen molar-refractivity contribution in [3.05, 3.63) is 89.5 Å². The van der Waals surface area contributed by atoms with Crippen LogP contribution >= 0.6 is 0 Å². The van der Waals surface area contributed by atoms with Gasteiger partial charge in [-0.15, -0.1) is 0 Å². The molecule has 0 fully saturated rings. The molecule has 2 nitrogen and oxygen atoms in total. The summed E-state index contributed by atoms with van der Waals surface area (Å²) in [6.07, 6.45) is 0. The molecule has 0 aliphatic heterocycles. The zero-order valence-electron chi connectivity index (χ0n) is 11.9. The van der Waals surface area contributed by atoms with Gasteiger partial charge in [0.2, 0.25) is 0 Å². The molecule has 1 N–H and O–H groups in total. The number of benzene rings is 3. The van der Waals surface area contributed by atoms with E-state index in [2.05, 4.69) is 12.1 Å². The van der Waals surface area contributed by atoms with Crippen LogP contribution in [0.5, 0.6) is 5.75 Å². The van der Waals surface area contributed by atoms with Crippen molar-refractivity contribution in [2.75, 3.05) is 0 Å². The molecule has 0 amide bonds. The van der Waals surface area contributed by atoms with Crippen LogP contribution in [0, 0.1) is 0 Å². The second kappa shape index (κ2) is 4.85. The van der Waals surface area contributed by atoms with E-state index in [4.69, 9.17) is 0 Å². The number of carbonyl (C=O) groups excluding carboxylic acids is 1.